The first-order valence-electron chi connectivity index (χ1n) is 7.36. The highest BCUT2D eigenvalue weighted by Gasteiger charge is 2.07. The van der Waals surface area contributed by atoms with Crippen LogP contribution in [-0.4, -0.2) is 43.5 Å². The van der Waals surface area contributed by atoms with E-state index in [-0.39, 0.29) is 29.9 Å². The van der Waals surface area contributed by atoms with E-state index in [9.17, 15) is 4.79 Å². The highest BCUT2D eigenvalue weighted by Crippen LogP contribution is 2.10. The van der Waals surface area contributed by atoms with Crippen LogP contribution in [0.3, 0.4) is 0 Å². The van der Waals surface area contributed by atoms with Gasteiger partial charge in [-0.15, -0.1) is 35.3 Å². The fraction of sp³-hybridized carbons (Fsp3) is 0.400. The molecule has 7 nitrogen and oxygen atoms in total. The van der Waals surface area contributed by atoms with Crippen LogP contribution in [0.4, 0.5) is 0 Å². The van der Waals surface area contributed by atoms with Gasteiger partial charge < -0.3 is 20.4 Å². The molecule has 3 N–H and O–H groups in total. The molecule has 1 amide bonds. The molecule has 0 aliphatic carbocycles. The number of halogens is 1. The smallest absolute Gasteiger partial charge is 0.287 e. The minimum absolute atomic E-state index is 0. The van der Waals surface area contributed by atoms with Crippen LogP contribution < -0.4 is 16.0 Å². The van der Waals surface area contributed by atoms with Crippen LogP contribution in [0.5, 0.6) is 0 Å². The molecule has 0 aliphatic heterocycles. The van der Waals surface area contributed by atoms with Gasteiger partial charge in [-0.05, 0) is 19.1 Å². The second kappa shape index (κ2) is 11.0. The van der Waals surface area contributed by atoms with Gasteiger partial charge >= 0.3 is 0 Å². The SMILES string of the molecule is CN=C(NCCNC(=O)c1ccco1)NCCc1ncc(C)s1.I. The largest absolute Gasteiger partial charge is 0.459 e. The number of carbonyl (C=O) groups is 1. The monoisotopic (exact) mass is 463 g/mol. The normalized spacial score (nSPS) is 10.8. The first-order valence-corrected chi connectivity index (χ1v) is 8.18. The van der Waals surface area contributed by atoms with Crippen molar-refractivity contribution < 1.29 is 9.21 Å². The lowest BCUT2D eigenvalue weighted by molar-refractivity contribution is 0.0926. The molecule has 0 unspecified atom stereocenters. The van der Waals surface area contributed by atoms with Crippen LogP contribution in [0.2, 0.25) is 0 Å². The number of nitrogens with one attached hydrogen (secondary N) is 3. The first kappa shape index (κ1) is 20.4. The van der Waals surface area contributed by atoms with Gasteiger partial charge in [-0.3, -0.25) is 9.79 Å². The summed E-state index contributed by atoms with van der Waals surface area (Å²) in [6.07, 6.45) is 4.21. The predicted octanol–water partition coefficient (Wildman–Crippen LogP) is 1.80. The van der Waals surface area contributed by atoms with Gasteiger partial charge in [-0.1, -0.05) is 0 Å². The van der Waals surface area contributed by atoms with Gasteiger partial charge in [0, 0.05) is 44.2 Å². The second-order valence-electron chi connectivity index (χ2n) is 4.77. The summed E-state index contributed by atoms with van der Waals surface area (Å²) < 4.78 is 5.02. The molecule has 0 fully saturated rings. The minimum Gasteiger partial charge on any atom is -0.459 e. The van der Waals surface area contributed by atoms with Crippen LogP contribution >= 0.6 is 35.3 Å². The number of aliphatic imine (C=N–C) groups is 1. The van der Waals surface area contributed by atoms with Crippen LogP contribution in [0.25, 0.3) is 0 Å². The van der Waals surface area contributed by atoms with Crippen molar-refractivity contribution in [3.8, 4) is 0 Å². The second-order valence-corrected chi connectivity index (χ2v) is 6.09. The zero-order chi connectivity index (χ0) is 16.5. The average Bonchev–Trinajstić information content (AvgIpc) is 3.21. The molecule has 0 aliphatic rings. The van der Waals surface area contributed by atoms with Crippen molar-refractivity contribution in [2.75, 3.05) is 26.7 Å². The summed E-state index contributed by atoms with van der Waals surface area (Å²) in [7, 11) is 1.71. The number of amides is 1. The third-order valence-electron chi connectivity index (χ3n) is 2.97. The van der Waals surface area contributed by atoms with Crippen molar-refractivity contribution in [1.29, 1.82) is 0 Å². The molecular weight excluding hydrogens is 441 g/mol. The molecule has 2 aromatic rings. The summed E-state index contributed by atoms with van der Waals surface area (Å²) in [6.45, 7) is 3.85. The van der Waals surface area contributed by atoms with Crippen molar-refractivity contribution in [3.63, 3.8) is 0 Å². The number of rotatable bonds is 7. The van der Waals surface area contributed by atoms with Gasteiger partial charge in [0.05, 0.1) is 11.3 Å². The molecule has 9 heteroatoms. The quantitative estimate of drug-likeness (QED) is 0.252. The zero-order valence-electron chi connectivity index (χ0n) is 13.7. The Balaban J connectivity index is 0.00000288. The molecule has 24 heavy (non-hydrogen) atoms. The van der Waals surface area contributed by atoms with E-state index in [4.69, 9.17) is 4.42 Å². The van der Waals surface area contributed by atoms with Gasteiger partial charge in [0.15, 0.2) is 11.7 Å². The lowest BCUT2D eigenvalue weighted by atomic mass is 10.4. The van der Waals surface area contributed by atoms with E-state index in [1.54, 1.807) is 30.5 Å². The summed E-state index contributed by atoms with van der Waals surface area (Å²) in [6, 6.07) is 3.31. The Labute approximate surface area is 162 Å². The highest BCUT2D eigenvalue weighted by atomic mass is 127. The van der Waals surface area contributed by atoms with Gasteiger partial charge in [-0.25, -0.2) is 4.98 Å². The fourth-order valence-corrected chi connectivity index (χ4v) is 2.66. The number of hydrogen-bond donors (Lipinski definition) is 3. The van der Waals surface area contributed by atoms with Crippen molar-refractivity contribution in [2.24, 2.45) is 4.99 Å². The van der Waals surface area contributed by atoms with E-state index in [0.717, 1.165) is 18.0 Å². The Morgan fingerprint density at radius 2 is 2.04 bits per heavy atom. The summed E-state index contributed by atoms with van der Waals surface area (Å²) in [5, 5.41) is 10.2. The lowest BCUT2D eigenvalue weighted by Gasteiger charge is -2.11. The Hall–Kier alpha value is -1.62. The van der Waals surface area contributed by atoms with Crippen molar-refractivity contribution >= 4 is 47.2 Å². The number of furan rings is 1. The maximum Gasteiger partial charge on any atom is 0.287 e. The maximum absolute atomic E-state index is 11.7. The molecule has 132 valence electrons. The van der Waals surface area contributed by atoms with E-state index in [0.29, 0.717) is 24.8 Å². The summed E-state index contributed by atoms with van der Waals surface area (Å²) in [5.74, 6) is 0.788. The van der Waals surface area contributed by atoms with E-state index >= 15 is 0 Å². The Morgan fingerprint density at radius 1 is 1.29 bits per heavy atom. The summed E-state index contributed by atoms with van der Waals surface area (Å²) >= 11 is 1.70. The third kappa shape index (κ3) is 6.87. The number of hydrogen-bond acceptors (Lipinski definition) is 5. The van der Waals surface area contributed by atoms with Crippen LogP contribution in [0.15, 0.2) is 34.0 Å². The number of thiazole rings is 1. The topological polar surface area (TPSA) is 91.5 Å². The van der Waals surface area contributed by atoms with Gasteiger partial charge in [0.2, 0.25) is 0 Å². The van der Waals surface area contributed by atoms with Gasteiger partial charge in [-0.2, -0.15) is 0 Å². The van der Waals surface area contributed by atoms with E-state index in [1.807, 2.05) is 13.1 Å². The van der Waals surface area contributed by atoms with Crippen molar-refractivity contribution in [1.82, 2.24) is 20.9 Å². The molecule has 2 heterocycles. The molecule has 2 aromatic heterocycles. The lowest BCUT2D eigenvalue weighted by Crippen LogP contribution is -2.42. The fourth-order valence-electron chi connectivity index (χ4n) is 1.88. The molecule has 0 saturated carbocycles. The Bertz CT molecular complexity index is 642. The molecular formula is C15H22IN5O2S. The van der Waals surface area contributed by atoms with Crippen LogP contribution in [0.1, 0.15) is 20.4 Å². The van der Waals surface area contributed by atoms with E-state index < -0.39 is 0 Å². The van der Waals surface area contributed by atoms with Crippen LogP contribution in [0, 0.1) is 6.92 Å². The van der Waals surface area contributed by atoms with Crippen molar-refractivity contribution in [2.45, 2.75) is 13.3 Å². The van der Waals surface area contributed by atoms with Gasteiger partial charge in [0.25, 0.3) is 5.91 Å². The average molecular weight is 463 g/mol. The molecule has 0 saturated heterocycles. The number of aromatic nitrogens is 1. The third-order valence-corrected chi connectivity index (χ3v) is 3.94. The molecule has 0 spiro atoms. The summed E-state index contributed by atoms with van der Waals surface area (Å²) in [5.41, 5.74) is 0. The van der Waals surface area contributed by atoms with Crippen LogP contribution in [-0.2, 0) is 6.42 Å². The predicted molar refractivity (Wildman–Crippen MR) is 106 cm³/mol. The summed E-state index contributed by atoms with van der Waals surface area (Å²) in [4.78, 5) is 21.3. The van der Waals surface area contributed by atoms with Gasteiger partial charge in [0.1, 0.15) is 0 Å². The maximum atomic E-state index is 11.7. The van der Waals surface area contributed by atoms with E-state index in [1.165, 1.54) is 11.1 Å². The molecule has 0 atom stereocenters. The number of carbonyl (C=O) groups excluding carboxylic acids is 1. The molecule has 2 rings (SSSR count). The molecule has 0 aromatic carbocycles. The van der Waals surface area contributed by atoms with E-state index in [2.05, 4.69) is 25.9 Å². The molecule has 0 bridgehead atoms. The number of nitrogens with zero attached hydrogens (tertiary/aromatic N) is 2. The minimum atomic E-state index is -0.223. The highest BCUT2D eigenvalue weighted by molar-refractivity contribution is 14.0. The zero-order valence-corrected chi connectivity index (χ0v) is 16.8. The Kier molecular flexibility index (Phi) is 9.38. The number of aryl methyl sites for hydroxylation is 1. The standard InChI is InChI=1S/C15H21N5O2S.HI/c1-11-10-20-13(23-11)5-6-18-15(16-2)19-8-7-17-14(21)12-4-3-9-22-12;/h3-4,9-10H,5-8H2,1-2H3,(H,17,21)(H2,16,18,19);1H. The van der Waals surface area contributed by atoms with Crippen molar-refractivity contribution in [3.05, 3.63) is 40.2 Å². The first-order chi connectivity index (χ1) is 11.2. The Morgan fingerprint density at radius 3 is 2.67 bits per heavy atom. The molecule has 0 radical (unpaired) electrons. The number of guanidine groups is 1.